The molecule has 0 heterocycles. The van der Waals surface area contributed by atoms with Crippen LogP contribution in [-0.2, 0) is 9.53 Å². The molecule has 2 N–H and O–H groups in total. The number of esters is 1. The van der Waals surface area contributed by atoms with E-state index in [1.54, 1.807) is 0 Å². The van der Waals surface area contributed by atoms with Crippen LogP contribution in [-0.4, -0.2) is 35.5 Å². The lowest BCUT2D eigenvalue weighted by Crippen LogP contribution is -2.21. The maximum absolute atomic E-state index is 11.4. The maximum Gasteiger partial charge on any atom is 0.305 e. The zero-order valence-corrected chi connectivity index (χ0v) is 19.3. The number of hydrogen-bond donors (Lipinski definition) is 2. The van der Waals surface area contributed by atoms with Crippen LogP contribution in [0.4, 0.5) is 0 Å². The Hall–Kier alpha value is -0.610. The predicted octanol–water partition coefficient (Wildman–Crippen LogP) is 6.70. The van der Waals surface area contributed by atoms with E-state index >= 15 is 0 Å². The van der Waals surface area contributed by atoms with Crippen molar-refractivity contribution < 1.29 is 19.7 Å². The molecular formula is C25H50O4. The molecule has 4 nitrogen and oxygen atoms in total. The summed E-state index contributed by atoms with van der Waals surface area (Å²) in [7, 11) is 0. The van der Waals surface area contributed by atoms with Crippen LogP contribution < -0.4 is 0 Å². The van der Waals surface area contributed by atoms with Crippen molar-refractivity contribution in [3.63, 3.8) is 0 Å². The Bertz CT molecular complexity index is 333. The summed E-state index contributed by atoms with van der Waals surface area (Å²) in [6.07, 6.45) is 24.9. The molecule has 0 amide bonds. The third kappa shape index (κ3) is 23.5. The first-order valence-electron chi connectivity index (χ1n) is 12.6. The molecule has 0 spiro atoms. The van der Waals surface area contributed by atoms with E-state index in [2.05, 4.69) is 6.92 Å². The minimum absolute atomic E-state index is 0.103. The van der Waals surface area contributed by atoms with Crippen LogP contribution in [0.2, 0.25) is 0 Å². The lowest BCUT2D eigenvalue weighted by Gasteiger charge is -2.08. The van der Waals surface area contributed by atoms with Gasteiger partial charge in [-0.05, 0) is 6.42 Å². The molecule has 0 rings (SSSR count). The van der Waals surface area contributed by atoms with Gasteiger partial charge in [-0.3, -0.25) is 4.79 Å². The molecule has 0 aliphatic heterocycles. The van der Waals surface area contributed by atoms with Crippen LogP contribution in [0.15, 0.2) is 0 Å². The molecule has 1 atom stereocenters. The van der Waals surface area contributed by atoms with Crippen LogP contribution in [0.1, 0.15) is 135 Å². The Balaban J connectivity index is 3.11. The number of ether oxygens (including phenoxy) is 1. The highest BCUT2D eigenvalue weighted by molar-refractivity contribution is 5.69. The van der Waals surface area contributed by atoms with Gasteiger partial charge in [-0.2, -0.15) is 0 Å². The number of carbonyl (C=O) groups is 1. The molecule has 0 saturated carbocycles. The highest BCUT2D eigenvalue weighted by Crippen LogP contribution is 2.14. The molecule has 0 aromatic carbocycles. The highest BCUT2D eigenvalue weighted by Gasteiger charge is 2.07. The Labute approximate surface area is 180 Å². The zero-order valence-electron chi connectivity index (χ0n) is 19.3. The molecular weight excluding hydrogens is 364 g/mol. The quantitative estimate of drug-likeness (QED) is 0.144. The Morgan fingerprint density at radius 1 is 0.655 bits per heavy atom. The fourth-order valence-corrected chi connectivity index (χ4v) is 3.66. The number of unbranched alkanes of at least 4 members (excludes halogenated alkanes) is 18. The van der Waals surface area contributed by atoms with E-state index in [1.165, 1.54) is 109 Å². The van der Waals surface area contributed by atoms with Gasteiger partial charge in [-0.1, -0.05) is 122 Å². The van der Waals surface area contributed by atoms with Gasteiger partial charge < -0.3 is 14.9 Å². The van der Waals surface area contributed by atoms with Crippen LogP contribution in [0.3, 0.4) is 0 Å². The second kappa shape index (κ2) is 23.7. The summed E-state index contributed by atoms with van der Waals surface area (Å²) < 4.78 is 4.88. The van der Waals surface area contributed by atoms with E-state index in [1.807, 2.05) is 0 Å². The number of aliphatic hydroxyl groups is 2. The number of aliphatic hydroxyl groups excluding tert-OH is 2. The largest absolute Gasteiger partial charge is 0.463 e. The van der Waals surface area contributed by atoms with Gasteiger partial charge in [0.15, 0.2) is 0 Å². The standard InChI is InChI=1S/C25H50O4/c1-2-3-4-5-6-7-8-9-10-11-12-13-14-15-16-17-18-19-20-21-25(28)29-23-24(27)22-26/h24,26-27H,2-23H2,1H3. The van der Waals surface area contributed by atoms with Crippen molar-refractivity contribution in [2.45, 2.75) is 141 Å². The monoisotopic (exact) mass is 414 g/mol. The van der Waals surface area contributed by atoms with Gasteiger partial charge >= 0.3 is 5.97 Å². The maximum atomic E-state index is 11.4. The summed E-state index contributed by atoms with van der Waals surface area (Å²) >= 11 is 0. The van der Waals surface area contributed by atoms with Gasteiger partial charge in [-0.25, -0.2) is 0 Å². The van der Waals surface area contributed by atoms with Crippen LogP contribution in [0, 0.1) is 0 Å². The Morgan fingerprint density at radius 3 is 1.34 bits per heavy atom. The fraction of sp³-hybridized carbons (Fsp3) is 0.960. The molecule has 0 radical (unpaired) electrons. The van der Waals surface area contributed by atoms with E-state index < -0.39 is 6.10 Å². The van der Waals surface area contributed by atoms with Crippen LogP contribution in [0.5, 0.6) is 0 Å². The molecule has 29 heavy (non-hydrogen) atoms. The summed E-state index contributed by atoms with van der Waals surface area (Å²) in [6.45, 7) is 1.81. The average Bonchev–Trinajstić information content (AvgIpc) is 2.73. The third-order valence-electron chi connectivity index (χ3n) is 5.63. The van der Waals surface area contributed by atoms with Crippen molar-refractivity contribution >= 4 is 5.97 Å². The third-order valence-corrected chi connectivity index (χ3v) is 5.63. The molecule has 0 aliphatic rings. The normalized spacial score (nSPS) is 12.2. The molecule has 4 heteroatoms. The number of rotatable bonds is 23. The molecule has 0 saturated heterocycles. The van der Waals surface area contributed by atoms with Gasteiger partial charge in [0.1, 0.15) is 12.7 Å². The van der Waals surface area contributed by atoms with Gasteiger partial charge in [0, 0.05) is 6.42 Å². The second-order valence-electron chi connectivity index (χ2n) is 8.63. The number of carbonyl (C=O) groups excluding carboxylic acids is 1. The molecule has 0 aliphatic carbocycles. The smallest absolute Gasteiger partial charge is 0.305 e. The predicted molar refractivity (Wildman–Crippen MR) is 122 cm³/mol. The van der Waals surface area contributed by atoms with E-state index in [0.717, 1.165) is 12.8 Å². The van der Waals surface area contributed by atoms with Crippen LogP contribution >= 0.6 is 0 Å². The fourth-order valence-electron chi connectivity index (χ4n) is 3.66. The average molecular weight is 415 g/mol. The summed E-state index contributed by atoms with van der Waals surface area (Å²) in [5.41, 5.74) is 0. The van der Waals surface area contributed by atoms with E-state index in [-0.39, 0.29) is 19.2 Å². The van der Waals surface area contributed by atoms with Crippen molar-refractivity contribution in [1.29, 1.82) is 0 Å². The minimum Gasteiger partial charge on any atom is -0.463 e. The van der Waals surface area contributed by atoms with Gasteiger partial charge in [0.05, 0.1) is 6.61 Å². The van der Waals surface area contributed by atoms with Crippen molar-refractivity contribution in [3.8, 4) is 0 Å². The number of hydrogen-bond acceptors (Lipinski definition) is 4. The van der Waals surface area contributed by atoms with Crippen molar-refractivity contribution in [2.24, 2.45) is 0 Å². The first-order valence-corrected chi connectivity index (χ1v) is 12.6. The van der Waals surface area contributed by atoms with E-state index in [4.69, 9.17) is 14.9 Å². The minimum atomic E-state index is -0.955. The summed E-state index contributed by atoms with van der Waals surface area (Å²) in [5.74, 6) is -0.274. The zero-order chi connectivity index (χ0) is 21.4. The SMILES string of the molecule is CCCCCCCCCCCCCCCCCCCCCC(=O)OCC(O)CO. The summed E-state index contributed by atoms with van der Waals surface area (Å²) in [4.78, 5) is 11.4. The molecule has 1 unspecified atom stereocenters. The van der Waals surface area contributed by atoms with Crippen molar-refractivity contribution in [1.82, 2.24) is 0 Å². The van der Waals surface area contributed by atoms with E-state index in [0.29, 0.717) is 6.42 Å². The molecule has 0 aromatic rings. The Morgan fingerprint density at radius 2 is 1.00 bits per heavy atom. The van der Waals surface area contributed by atoms with Gasteiger partial charge in [-0.15, -0.1) is 0 Å². The summed E-state index contributed by atoms with van der Waals surface area (Å²) in [6, 6.07) is 0. The molecule has 0 fully saturated rings. The highest BCUT2D eigenvalue weighted by atomic mass is 16.5. The lowest BCUT2D eigenvalue weighted by molar-refractivity contribution is -0.147. The topological polar surface area (TPSA) is 66.8 Å². The molecule has 0 aromatic heterocycles. The van der Waals surface area contributed by atoms with Crippen molar-refractivity contribution in [2.75, 3.05) is 13.2 Å². The summed E-state index contributed by atoms with van der Waals surface area (Å²) in [5, 5.41) is 17.8. The lowest BCUT2D eigenvalue weighted by atomic mass is 10.0. The van der Waals surface area contributed by atoms with Gasteiger partial charge in [0.25, 0.3) is 0 Å². The molecule has 0 bridgehead atoms. The van der Waals surface area contributed by atoms with Crippen molar-refractivity contribution in [3.05, 3.63) is 0 Å². The Kier molecular flexibility index (Phi) is 23.2. The second-order valence-corrected chi connectivity index (χ2v) is 8.63. The molecule has 174 valence electrons. The van der Waals surface area contributed by atoms with E-state index in [9.17, 15) is 4.79 Å². The van der Waals surface area contributed by atoms with Gasteiger partial charge in [0.2, 0.25) is 0 Å². The van der Waals surface area contributed by atoms with Crippen LogP contribution in [0.25, 0.3) is 0 Å². The first-order chi connectivity index (χ1) is 14.2. The first kappa shape index (κ1) is 28.4.